The number of unbranched alkanes of at least 4 members (excludes halogenated alkanes) is 2. The number of rotatable bonds is 11. The van der Waals surface area contributed by atoms with Crippen LogP contribution in [0.25, 0.3) is 0 Å². The number of benzene rings is 2. The van der Waals surface area contributed by atoms with Gasteiger partial charge in [0.1, 0.15) is 6.54 Å². The number of allylic oxidation sites excluding steroid dienone is 8. The lowest BCUT2D eigenvalue weighted by molar-refractivity contribution is -0.438. The predicted molar refractivity (Wildman–Crippen MR) is 209 cm³/mol. The highest BCUT2D eigenvalue weighted by atomic mass is 127. The molecule has 0 fully saturated rings. The van der Waals surface area contributed by atoms with Gasteiger partial charge in [-0.3, -0.25) is 4.55 Å². The molecular formula is C37H44ClI2N2O3S+. The average molecular weight is 886 g/mol. The number of anilines is 1. The fourth-order valence-electron chi connectivity index (χ4n) is 7.01. The Labute approximate surface area is 307 Å². The van der Waals surface area contributed by atoms with E-state index in [-0.39, 0.29) is 16.6 Å². The van der Waals surface area contributed by atoms with Gasteiger partial charge in [0.05, 0.1) is 11.2 Å². The quantitative estimate of drug-likeness (QED) is 0.106. The predicted octanol–water partition coefficient (Wildman–Crippen LogP) is 10.2. The molecule has 5 rings (SSSR count). The first-order chi connectivity index (χ1) is 21.6. The average Bonchev–Trinajstić information content (AvgIpc) is 3.51. The maximum Gasteiger partial charge on any atom is 0.264 e. The van der Waals surface area contributed by atoms with E-state index in [0.29, 0.717) is 19.4 Å². The lowest BCUT2D eigenvalue weighted by Gasteiger charge is -2.27. The van der Waals surface area contributed by atoms with Crippen LogP contribution in [0.1, 0.15) is 84.3 Å². The molecule has 0 radical (unpaired) electrons. The molecule has 2 heterocycles. The van der Waals surface area contributed by atoms with E-state index < -0.39 is 10.1 Å². The van der Waals surface area contributed by atoms with E-state index >= 15 is 0 Å². The second-order valence-electron chi connectivity index (χ2n) is 13.5. The molecule has 0 amide bonds. The lowest BCUT2D eigenvalue weighted by Crippen LogP contribution is -2.28. The van der Waals surface area contributed by atoms with Crippen molar-refractivity contribution in [1.82, 2.24) is 0 Å². The third-order valence-electron chi connectivity index (χ3n) is 9.59. The molecule has 0 bridgehead atoms. The molecule has 2 aromatic rings. The van der Waals surface area contributed by atoms with E-state index in [1.54, 1.807) is 0 Å². The Kier molecular flexibility index (Phi) is 11.0. The molecule has 0 saturated carbocycles. The molecule has 1 N–H and O–H groups in total. The maximum atomic E-state index is 11.3. The van der Waals surface area contributed by atoms with Gasteiger partial charge < -0.3 is 4.90 Å². The Morgan fingerprint density at radius 1 is 0.935 bits per heavy atom. The molecule has 0 unspecified atom stereocenters. The zero-order valence-corrected chi connectivity index (χ0v) is 33.2. The van der Waals surface area contributed by atoms with Crippen molar-refractivity contribution in [3.05, 3.63) is 101 Å². The molecule has 0 aromatic heterocycles. The van der Waals surface area contributed by atoms with Gasteiger partial charge in [-0.25, -0.2) is 0 Å². The van der Waals surface area contributed by atoms with Crippen molar-refractivity contribution in [2.45, 2.75) is 84.0 Å². The van der Waals surface area contributed by atoms with Crippen molar-refractivity contribution in [2.75, 3.05) is 23.7 Å². The topological polar surface area (TPSA) is 60.6 Å². The summed E-state index contributed by atoms with van der Waals surface area (Å²) in [7, 11) is -3.97. The molecular weight excluding hydrogens is 842 g/mol. The Bertz CT molecular complexity index is 1800. The van der Waals surface area contributed by atoms with Crippen LogP contribution in [-0.4, -0.2) is 42.1 Å². The van der Waals surface area contributed by atoms with Crippen molar-refractivity contribution >= 4 is 84.0 Å². The first-order valence-corrected chi connectivity index (χ1v) is 20.3. The summed E-state index contributed by atoms with van der Waals surface area (Å²) in [5.74, 6) is -0.221. The Morgan fingerprint density at radius 2 is 1.63 bits per heavy atom. The third kappa shape index (κ3) is 7.40. The first-order valence-electron chi connectivity index (χ1n) is 16.1. The van der Waals surface area contributed by atoms with Gasteiger partial charge in [0.2, 0.25) is 5.69 Å². The summed E-state index contributed by atoms with van der Waals surface area (Å²) in [6.07, 6.45) is 14.1. The minimum Gasteiger partial charge on any atom is -0.344 e. The number of nitrogens with zero attached hydrogens (tertiary/aromatic N) is 2. The van der Waals surface area contributed by atoms with E-state index in [9.17, 15) is 13.0 Å². The number of hydrogen-bond acceptors (Lipinski definition) is 3. The SMILES string of the molecule is CCCCN1/C(=C/C=C2\CCC(/C=C/C3=[N+](CCCCS(=O)(=O)O)c4ccc(I)cc4C3(C)C)=C2Cl)C(C)(C)c2cc(I)ccc21. The van der Waals surface area contributed by atoms with E-state index in [1.165, 1.54) is 40.9 Å². The van der Waals surface area contributed by atoms with E-state index in [2.05, 4.69) is 150 Å². The standard InChI is InChI=1S/C37H43ClI2N2O3S/c1-6-7-20-41-31-16-14-27(39)23-29(31)36(2,3)33(41)18-12-25-10-11-26(35(25)38)13-19-34-37(4,5)30-24-28(40)15-17-32(30)42(34)21-8-9-22-46(43,44)45/h12-19,23-24H,6-11,20-22H2,1-5H3/p+1. The summed E-state index contributed by atoms with van der Waals surface area (Å²) in [5.41, 5.74) is 9.57. The van der Waals surface area contributed by atoms with E-state index in [1.807, 2.05) is 0 Å². The molecule has 1 aliphatic carbocycles. The molecule has 2 aromatic carbocycles. The first kappa shape index (κ1) is 35.8. The van der Waals surface area contributed by atoms with Gasteiger partial charge in [-0.05, 0) is 138 Å². The minimum absolute atomic E-state index is 0.0960. The van der Waals surface area contributed by atoms with Crippen LogP contribution in [0, 0.1) is 7.14 Å². The van der Waals surface area contributed by atoms with Crippen LogP contribution < -0.4 is 4.90 Å². The molecule has 0 saturated heterocycles. The van der Waals surface area contributed by atoms with Crippen LogP contribution in [0.4, 0.5) is 11.4 Å². The van der Waals surface area contributed by atoms with Gasteiger partial charge in [-0.1, -0.05) is 50.9 Å². The number of hydrogen-bond donors (Lipinski definition) is 1. The molecule has 2 aliphatic heterocycles. The van der Waals surface area contributed by atoms with Gasteiger partial charge in [-0.2, -0.15) is 13.0 Å². The van der Waals surface area contributed by atoms with Gasteiger partial charge in [0, 0.05) is 59.6 Å². The van der Waals surface area contributed by atoms with Crippen LogP contribution in [0.5, 0.6) is 0 Å². The summed E-state index contributed by atoms with van der Waals surface area (Å²) in [6.45, 7) is 13.1. The van der Waals surface area contributed by atoms with Crippen molar-refractivity contribution < 1.29 is 17.5 Å². The monoisotopic (exact) mass is 885 g/mol. The van der Waals surface area contributed by atoms with Crippen molar-refractivity contribution in [3.8, 4) is 0 Å². The second-order valence-corrected chi connectivity index (χ2v) is 18.0. The summed E-state index contributed by atoms with van der Waals surface area (Å²) < 4.78 is 36.6. The minimum atomic E-state index is -3.97. The van der Waals surface area contributed by atoms with Gasteiger partial charge in [-0.15, -0.1) is 0 Å². The van der Waals surface area contributed by atoms with Crippen LogP contribution in [0.3, 0.4) is 0 Å². The highest BCUT2D eigenvalue weighted by Gasteiger charge is 2.44. The smallest absolute Gasteiger partial charge is 0.264 e. The van der Waals surface area contributed by atoms with Crippen LogP contribution >= 0.6 is 56.8 Å². The Hall–Kier alpha value is -1.47. The van der Waals surface area contributed by atoms with Crippen molar-refractivity contribution in [1.29, 1.82) is 0 Å². The zero-order chi connectivity index (χ0) is 33.4. The van der Waals surface area contributed by atoms with Crippen molar-refractivity contribution in [3.63, 3.8) is 0 Å². The molecule has 46 heavy (non-hydrogen) atoms. The van der Waals surface area contributed by atoms with E-state index in [4.69, 9.17) is 11.6 Å². The molecule has 0 atom stereocenters. The molecule has 9 heteroatoms. The van der Waals surface area contributed by atoms with E-state index in [0.717, 1.165) is 48.5 Å². The highest BCUT2D eigenvalue weighted by molar-refractivity contribution is 14.1. The fraction of sp³-hybridized carbons (Fsp3) is 0.432. The largest absolute Gasteiger partial charge is 0.344 e. The number of fused-ring (bicyclic) bond motifs is 2. The molecule has 5 nitrogen and oxygen atoms in total. The normalized spacial score (nSPS) is 20.6. The summed E-state index contributed by atoms with van der Waals surface area (Å²) in [5, 5.41) is 0.833. The Morgan fingerprint density at radius 3 is 2.33 bits per heavy atom. The summed E-state index contributed by atoms with van der Waals surface area (Å²) in [4.78, 5) is 2.50. The summed E-state index contributed by atoms with van der Waals surface area (Å²) in [6, 6.07) is 13.3. The number of halogens is 3. The fourth-order valence-corrected chi connectivity index (χ4v) is 8.88. The third-order valence-corrected chi connectivity index (χ3v) is 12.2. The highest BCUT2D eigenvalue weighted by Crippen LogP contribution is 2.49. The van der Waals surface area contributed by atoms with Crippen LogP contribution in [0.15, 0.2) is 82.6 Å². The lowest BCUT2D eigenvalue weighted by atomic mass is 9.81. The Balaban J connectivity index is 1.45. The molecule has 3 aliphatic rings. The zero-order valence-electron chi connectivity index (χ0n) is 27.3. The van der Waals surface area contributed by atoms with Crippen LogP contribution in [-0.2, 0) is 20.9 Å². The molecule has 0 spiro atoms. The van der Waals surface area contributed by atoms with Gasteiger partial charge in [0.25, 0.3) is 10.1 Å². The maximum absolute atomic E-state index is 11.3. The second kappa shape index (κ2) is 14.2. The summed E-state index contributed by atoms with van der Waals surface area (Å²) >= 11 is 11.9. The van der Waals surface area contributed by atoms with Gasteiger partial charge in [0.15, 0.2) is 5.71 Å². The van der Waals surface area contributed by atoms with Gasteiger partial charge >= 0.3 is 0 Å². The van der Waals surface area contributed by atoms with Crippen molar-refractivity contribution in [2.24, 2.45) is 0 Å². The van der Waals surface area contributed by atoms with Crippen LogP contribution in [0.2, 0.25) is 0 Å². The molecule has 246 valence electrons.